The maximum atomic E-state index is 12.2. The van der Waals surface area contributed by atoms with Crippen molar-refractivity contribution in [3.63, 3.8) is 0 Å². The van der Waals surface area contributed by atoms with Crippen molar-refractivity contribution in [2.24, 2.45) is 0 Å². The van der Waals surface area contributed by atoms with Gasteiger partial charge < -0.3 is 4.74 Å². The van der Waals surface area contributed by atoms with Crippen molar-refractivity contribution in [2.45, 2.75) is 6.54 Å². The first-order valence-corrected chi connectivity index (χ1v) is 8.26. The number of halogens is 1. The van der Waals surface area contributed by atoms with Crippen molar-refractivity contribution >= 4 is 33.3 Å². The first-order valence-electron chi connectivity index (χ1n) is 7.47. The molecule has 5 nitrogen and oxygen atoms in total. The third kappa shape index (κ3) is 3.07. The second-order valence-electron chi connectivity index (χ2n) is 5.69. The summed E-state index contributed by atoms with van der Waals surface area (Å²) in [6.07, 6.45) is 0. The van der Waals surface area contributed by atoms with Gasteiger partial charge in [-0.05, 0) is 37.4 Å². The summed E-state index contributed by atoms with van der Waals surface area (Å²) in [4.78, 5) is 27.8. The Morgan fingerprint density at radius 3 is 2.67 bits per heavy atom. The van der Waals surface area contributed by atoms with Gasteiger partial charge in [0.05, 0.1) is 25.0 Å². The molecule has 124 valence electrons. The number of fused-ring (bicyclic) bond motifs is 1. The minimum Gasteiger partial charge on any atom is -0.496 e. The molecule has 0 aliphatic carbocycles. The van der Waals surface area contributed by atoms with E-state index in [-0.39, 0.29) is 0 Å². The van der Waals surface area contributed by atoms with Gasteiger partial charge in [-0.15, -0.1) is 0 Å². The van der Waals surface area contributed by atoms with Gasteiger partial charge in [0.2, 0.25) is 0 Å². The number of para-hydroxylation sites is 1. The van der Waals surface area contributed by atoms with Crippen LogP contribution >= 0.6 is 15.9 Å². The number of carbonyl (C=O) groups excluding carboxylic acids is 2. The van der Waals surface area contributed by atoms with Gasteiger partial charge in [0.1, 0.15) is 5.75 Å². The standard InChI is InChI=1S/C18H17BrN2O3/c1-20(10-12-9-13(19)7-8-16(12)24-2)11-21-15-6-4-3-5-14(15)17(22)18(21)23/h3-9H,10-11H2,1-2H3. The highest BCUT2D eigenvalue weighted by Crippen LogP contribution is 2.29. The SMILES string of the molecule is COc1ccc(Br)cc1CN(C)CN1C(=O)C(=O)c2ccccc21. The summed E-state index contributed by atoms with van der Waals surface area (Å²) in [5.74, 6) is -0.141. The molecule has 1 amide bonds. The molecule has 1 heterocycles. The maximum Gasteiger partial charge on any atom is 0.300 e. The van der Waals surface area contributed by atoms with E-state index in [1.807, 2.05) is 36.2 Å². The topological polar surface area (TPSA) is 49.9 Å². The molecule has 24 heavy (non-hydrogen) atoms. The summed E-state index contributed by atoms with van der Waals surface area (Å²) in [5.41, 5.74) is 2.14. The van der Waals surface area contributed by atoms with Crippen LogP contribution in [0.5, 0.6) is 5.75 Å². The predicted octanol–water partition coefficient (Wildman–Crippen LogP) is 3.08. The fraction of sp³-hybridized carbons (Fsp3) is 0.222. The number of ketones is 1. The molecule has 6 heteroatoms. The molecule has 0 bridgehead atoms. The van der Waals surface area contributed by atoms with E-state index in [1.165, 1.54) is 4.90 Å². The number of anilines is 1. The van der Waals surface area contributed by atoms with Crippen LogP contribution in [-0.2, 0) is 11.3 Å². The van der Waals surface area contributed by atoms with Gasteiger partial charge >= 0.3 is 5.91 Å². The van der Waals surface area contributed by atoms with Crippen molar-refractivity contribution in [1.82, 2.24) is 4.90 Å². The Kier molecular flexibility index (Phi) is 4.69. The van der Waals surface area contributed by atoms with Crippen LogP contribution in [0.1, 0.15) is 15.9 Å². The van der Waals surface area contributed by atoms with Crippen molar-refractivity contribution in [3.05, 3.63) is 58.1 Å². The molecule has 1 aliphatic rings. The van der Waals surface area contributed by atoms with Crippen LogP contribution in [0.3, 0.4) is 0 Å². The molecule has 0 radical (unpaired) electrons. The van der Waals surface area contributed by atoms with E-state index in [0.717, 1.165) is 15.8 Å². The number of benzene rings is 2. The second kappa shape index (κ2) is 6.75. The van der Waals surface area contributed by atoms with E-state index >= 15 is 0 Å². The van der Waals surface area contributed by atoms with Gasteiger partial charge in [0, 0.05) is 16.6 Å². The molecule has 3 rings (SSSR count). The van der Waals surface area contributed by atoms with Gasteiger partial charge in [-0.2, -0.15) is 0 Å². The van der Waals surface area contributed by atoms with E-state index in [4.69, 9.17) is 4.74 Å². The lowest BCUT2D eigenvalue weighted by Gasteiger charge is -2.25. The largest absolute Gasteiger partial charge is 0.496 e. The molecule has 0 saturated carbocycles. The van der Waals surface area contributed by atoms with Gasteiger partial charge in [-0.25, -0.2) is 0 Å². The summed E-state index contributed by atoms with van der Waals surface area (Å²) in [7, 11) is 3.53. The number of hydrogen-bond acceptors (Lipinski definition) is 4. The molecule has 0 aromatic heterocycles. The number of carbonyl (C=O) groups is 2. The molecule has 0 atom stereocenters. The minimum atomic E-state index is -0.482. The molecule has 0 fully saturated rings. The van der Waals surface area contributed by atoms with Crippen molar-refractivity contribution in [3.8, 4) is 5.75 Å². The molecular formula is C18H17BrN2O3. The fourth-order valence-electron chi connectivity index (χ4n) is 2.84. The molecule has 0 spiro atoms. The smallest absolute Gasteiger partial charge is 0.300 e. The third-order valence-electron chi connectivity index (χ3n) is 3.94. The number of Topliss-reactive ketones (excluding diaryl/α,β-unsaturated/α-hetero) is 1. The number of rotatable bonds is 5. The molecule has 0 unspecified atom stereocenters. The highest BCUT2D eigenvalue weighted by molar-refractivity contribution is 9.10. The highest BCUT2D eigenvalue weighted by Gasteiger charge is 2.35. The van der Waals surface area contributed by atoms with E-state index in [1.54, 1.807) is 25.3 Å². The molecule has 0 saturated heterocycles. The van der Waals surface area contributed by atoms with Crippen LogP contribution in [-0.4, -0.2) is 37.4 Å². The second-order valence-corrected chi connectivity index (χ2v) is 6.61. The number of methoxy groups -OCH3 is 1. The fourth-order valence-corrected chi connectivity index (χ4v) is 3.25. The molecular weight excluding hydrogens is 372 g/mol. The van der Waals surface area contributed by atoms with Gasteiger partial charge in [0.15, 0.2) is 0 Å². The minimum absolute atomic E-state index is 0.331. The Morgan fingerprint density at radius 2 is 1.92 bits per heavy atom. The maximum absolute atomic E-state index is 12.2. The summed E-state index contributed by atoms with van der Waals surface area (Å²) in [5, 5.41) is 0. The number of hydrogen-bond donors (Lipinski definition) is 0. The monoisotopic (exact) mass is 388 g/mol. The number of amides is 1. The first-order chi connectivity index (χ1) is 11.5. The van der Waals surface area contributed by atoms with Crippen LogP contribution in [0.4, 0.5) is 5.69 Å². The van der Waals surface area contributed by atoms with Crippen LogP contribution < -0.4 is 9.64 Å². The predicted molar refractivity (Wildman–Crippen MR) is 95.3 cm³/mol. The Morgan fingerprint density at radius 1 is 1.17 bits per heavy atom. The third-order valence-corrected chi connectivity index (χ3v) is 4.44. The van der Waals surface area contributed by atoms with Crippen molar-refractivity contribution < 1.29 is 14.3 Å². The zero-order chi connectivity index (χ0) is 17.3. The quantitative estimate of drug-likeness (QED) is 0.738. The van der Waals surface area contributed by atoms with E-state index in [0.29, 0.717) is 24.5 Å². The lowest BCUT2D eigenvalue weighted by molar-refractivity contribution is -0.114. The van der Waals surface area contributed by atoms with Gasteiger partial charge in [-0.1, -0.05) is 28.1 Å². The van der Waals surface area contributed by atoms with Crippen molar-refractivity contribution in [1.29, 1.82) is 0 Å². The Bertz CT molecular complexity index is 807. The van der Waals surface area contributed by atoms with Crippen molar-refractivity contribution in [2.75, 3.05) is 25.7 Å². The molecule has 0 N–H and O–H groups in total. The van der Waals surface area contributed by atoms with E-state index in [2.05, 4.69) is 15.9 Å². The van der Waals surface area contributed by atoms with Crippen LogP contribution in [0, 0.1) is 0 Å². The van der Waals surface area contributed by atoms with Gasteiger partial charge in [0.25, 0.3) is 5.78 Å². The number of nitrogens with zero attached hydrogens (tertiary/aromatic N) is 2. The van der Waals surface area contributed by atoms with E-state index < -0.39 is 11.7 Å². The Balaban J connectivity index is 1.79. The Labute approximate surface area is 148 Å². The average Bonchev–Trinajstić information content (AvgIpc) is 2.80. The molecule has 2 aromatic rings. The Hall–Kier alpha value is -2.18. The summed E-state index contributed by atoms with van der Waals surface area (Å²) < 4.78 is 6.35. The van der Waals surface area contributed by atoms with Gasteiger partial charge in [-0.3, -0.25) is 19.4 Å². The lowest BCUT2D eigenvalue weighted by Crippen LogP contribution is -2.39. The summed E-state index contributed by atoms with van der Waals surface area (Å²) >= 11 is 3.46. The normalized spacial score (nSPS) is 13.6. The van der Waals surface area contributed by atoms with Crippen LogP contribution in [0.15, 0.2) is 46.9 Å². The lowest BCUT2D eigenvalue weighted by atomic mass is 10.1. The molecule has 1 aliphatic heterocycles. The summed E-state index contributed by atoms with van der Waals surface area (Å²) in [6.45, 7) is 0.917. The van der Waals surface area contributed by atoms with Crippen LogP contribution in [0.2, 0.25) is 0 Å². The highest BCUT2D eigenvalue weighted by atomic mass is 79.9. The zero-order valence-corrected chi connectivity index (χ0v) is 15.0. The number of ether oxygens (including phenoxy) is 1. The molecule has 2 aromatic carbocycles. The zero-order valence-electron chi connectivity index (χ0n) is 13.5. The summed E-state index contributed by atoms with van der Waals surface area (Å²) in [6, 6.07) is 12.9. The van der Waals surface area contributed by atoms with Crippen LogP contribution in [0.25, 0.3) is 0 Å². The average molecular weight is 389 g/mol. The van der Waals surface area contributed by atoms with E-state index in [9.17, 15) is 9.59 Å². The first kappa shape index (κ1) is 16.7.